The number of aryl methyl sites for hydroxylation is 1. The number of ether oxygens (including phenoxy) is 2. The molecule has 1 unspecified atom stereocenters. The van der Waals surface area contributed by atoms with Gasteiger partial charge in [0.05, 0.1) is 16.9 Å². The SMILES string of the molecule is CC(C)(C)OC(=O)Nc1ccc(OC2CCCc3cc(C#N)cnc32)cc1C(=N)C1CC1. The van der Waals surface area contributed by atoms with Crippen molar-refractivity contribution in [1.82, 2.24) is 4.98 Å². The number of anilines is 1. The Kier molecular flexibility index (Phi) is 5.88. The van der Waals surface area contributed by atoms with Crippen LogP contribution in [0.5, 0.6) is 5.75 Å². The third-order valence-corrected chi connectivity index (χ3v) is 5.53. The number of hydrogen-bond acceptors (Lipinski definition) is 6. The molecule has 1 aromatic carbocycles. The smallest absolute Gasteiger partial charge is 0.412 e. The first-order valence-electron chi connectivity index (χ1n) is 11.0. The minimum Gasteiger partial charge on any atom is -0.484 e. The number of pyridine rings is 1. The molecule has 32 heavy (non-hydrogen) atoms. The van der Waals surface area contributed by atoms with Crippen LogP contribution in [0.15, 0.2) is 30.5 Å². The zero-order valence-corrected chi connectivity index (χ0v) is 18.7. The largest absolute Gasteiger partial charge is 0.484 e. The summed E-state index contributed by atoms with van der Waals surface area (Å²) in [5.41, 5.74) is 3.57. The fourth-order valence-corrected chi connectivity index (χ4v) is 3.90. The van der Waals surface area contributed by atoms with Gasteiger partial charge in [-0.2, -0.15) is 5.26 Å². The molecule has 1 saturated carbocycles. The number of aromatic nitrogens is 1. The quantitative estimate of drug-likeness (QED) is 0.604. The molecule has 0 radical (unpaired) electrons. The van der Waals surface area contributed by atoms with Gasteiger partial charge in [0, 0.05) is 23.4 Å². The minimum absolute atomic E-state index is 0.209. The number of nitrogens with zero attached hydrogens (tertiary/aromatic N) is 2. The van der Waals surface area contributed by atoms with E-state index in [2.05, 4.69) is 16.4 Å². The highest BCUT2D eigenvalue weighted by molar-refractivity contribution is 6.07. The zero-order chi connectivity index (χ0) is 22.9. The Morgan fingerprint density at radius 3 is 2.72 bits per heavy atom. The second kappa shape index (κ2) is 8.62. The Labute approximate surface area is 188 Å². The molecular weight excluding hydrogens is 404 g/mol. The molecule has 1 amide bonds. The predicted molar refractivity (Wildman–Crippen MR) is 121 cm³/mol. The summed E-state index contributed by atoms with van der Waals surface area (Å²) in [6, 6.07) is 9.42. The summed E-state index contributed by atoms with van der Waals surface area (Å²) in [6.07, 6.45) is 5.47. The summed E-state index contributed by atoms with van der Waals surface area (Å²) in [4.78, 5) is 16.8. The van der Waals surface area contributed by atoms with Crippen LogP contribution in [0.3, 0.4) is 0 Å². The van der Waals surface area contributed by atoms with E-state index in [9.17, 15) is 4.79 Å². The molecule has 1 atom stereocenters. The maximum absolute atomic E-state index is 12.3. The Hall–Kier alpha value is -3.40. The van der Waals surface area contributed by atoms with E-state index in [0.717, 1.165) is 43.4 Å². The second-order valence-corrected chi connectivity index (χ2v) is 9.40. The van der Waals surface area contributed by atoms with Gasteiger partial charge in [-0.3, -0.25) is 10.3 Å². The number of carbonyl (C=O) groups is 1. The van der Waals surface area contributed by atoms with Crippen molar-refractivity contribution in [1.29, 1.82) is 10.7 Å². The summed E-state index contributed by atoms with van der Waals surface area (Å²) >= 11 is 0. The molecule has 0 bridgehead atoms. The van der Waals surface area contributed by atoms with E-state index in [4.69, 9.17) is 20.1 Å². The number of amides is 1. The minimum atomic E-state index is -0.607. The van der Waals surface area contributed by atoms with Crippen LogP contribution in [-0.4, -0.2) is 22.4 Å². The monoisotopic (exact) mass is 432 g/mol. The number of nitrogens with one attached hydrogen (secondary N) is 2. The van der Waals surface area contributed by atoms with Gasteiger partial charge in [0.1, 0.15) is 23.5 Å². The van der Waals surface area contributed by atoms with Gasteiger partial charge in [-0.15, -0.1) is 0 Å². The zero-order valence-electron chi connectivity index (χ0n) is 18.7. The van der Waals surface area contributed by atoms with Crippen LogP contribution in [-0.2, 0) is 11.2 Å². The van der Waals surface area contributed by atoms with Gasteiger partial charge in [-0.05, 0) is 82.7 Å². The van der Waals surface area contributed by atoms with Crippen molar-refractivity contribution in [3.05, 3.63) is 52.8 Å². The Morgan fingerprint density at radius 1 is 1.25 bits per heavy atom. The molecule has 2 aliphatic carbocycles. The van der Waals surface area contributed by atoms with Gasteiger partial charge < -0.3 is 14.9 Å². The van der Waals surface area contributed by atoms with Crippen LogP contribution < -0.4 is 10.1 Å². The van der Waals surface area contributed by atoms with Crippen molar-refractivity contribution in [2.24, 2.45) is 5.92 Å². The van der Waals surface area contributed by atoms with Crippen LogP contribution in [0.4, 0.5) is 10.5 Å². The van der Waals surface area contributed by atoms with Crippen LogP contribution in [0.25, 0.3) is 0 Å². The van der Waals surface area contributed by atoms with Crippen molar-refractivity contribution >= 4 is 17.5 Å². The van der Waals surface area contributed by atoms with Gasteiger partial charge in [0.2, 0.25) is 0 Å². The second-order valence-electron chi connectivity index (χ2n) is 9.40. The van der Waals surface area contributed by atoms with E-state index in [0.29, 0.717) is 28.3 Å². The number of benzene rings is 1. The molecular formula is C25H28N4O3. The van der Waals surface area contributed by atoms with Gasteiger partial charge in [0.15, 0.2) is 0 Å². The Balaban J connectivity index is 1.58. The lowest BCUT2D eigenvalue weighted by Crippen LogP contribution is -2.27. The van der Waals surface area contributed by atoms with Crippen molar-refractivity contribution in [3.63, 3.8) is 0 Å². The van der Waals surface area contributed by atoms with Crippen LogP contribution >= 0.6 is 0 Å². The molecule has 2 N–H and O–H groups in total. The average molecular weight is 433 g/mol. The van der Waals surface area contributed by atoms with Crippen molar-refractivity contribution < 1.29 is 14.3 Å². The summed E-state index contributed by atoms with van der Waals surface area (Å²) in [6.45, 7) is 5.44. The molecule has 166 valence electrons. The number of hydrogen-bond donors (Lipinski definition) is 2. The summed E-state index contributed by atoms with van der Waals surface area (Å²) in [5.74, 6) is 0.843. The molecule has 0 aliphatic heterocycles. The highest BCUT2D eigenvalue weighted by Crippen LogP contribution is 2.38. The van der Waals surface area contributed by atoms with Crippen LogP contribution in [0.1, 0.15) is 74.9 Å². The fourth-order valence-electron chi connectivity index (χ4n) is 3.90. The van der Waals surface area contributed by atoms with E-state index >= 15 is 0 Å². The molecule has 4 rings (SSSR count). The van der Waals surface area contributed by atoms with Crippen molar-refractivity contribution in [2.75, 3.05) is 5.32 Å². The molecule has 2 aliphatic rings. The number of carbonyl (C=O) groups excluding carboxylic acids is 1. The van der Waals surface area contributed by atoms with Gasteiger partial charge in [0.25, 0.3) is 0 Å². The summed E-state index contributed by atoms with van der Waals surface area (Å²) in [5, 5.41) is 20.5. The average Bonchev–Trinajstić information content (AvgIpc) is 3.58. The molecule has 2 aromatic rings. The highest BCUT2D eigenvalue weighted by atomic mass is 16.6. The molecule has 1 fully saturated rings. The Morgan fingerprint density at radius 2 is 2.03 bits per heavy atom. The number of nitriles is 1. The number of rotatable bonds is 5. The van der Waals surface area contributed by atoms with Crippen molar-refractivity contribution in [3.8, 4) is 11.8 Å². The van der Waals surface area contributed by atoms with E-state index in [1.165, 1.54) is 0 Å². The predicted octanol–water partition coefficient (Wildman–Crippen LogP) is 5.53. The van der Waals surface area contributed by atoms with Gasteiger partial charge in [-0.25, -0.2) is 4.79 Å². The maximum atomic E-state index is 12.3. The van der Waals surface area contributed by atoms with E-state index in [1.807, 2.05) is 32.9 Å². The molecule has 1 heterocycles. The molecule has 1 aromatic heterocycles. The molecule has 0 saturated heterocycles. The highest BCUT2D eigenvalue weighted by Gasteiger charge is 2.30. The number of fused-ring (bicyclic) bond motifs is 1. The van der Waals surface area contributed by atoms with Crippen LogP contribution in [0, 0.1) is 22.7 Å². The van der Waals surface area contributed by atoms with E-state index in [-0.39, 0.29) is 12.0 Å². The van der Waals surface area contributed by atoms with Gasteiger partial charge >= 0.3 is 6.09 Å². The molecule has 7 heteroatoms. The first-order chi connectivity index (χ1) is 15.2. The lowest BCUT2D eigenvalue weighted by atomic mass is 9.92. The van der Waals surface area contributed by atoms with Crippen molar-refractivity contribution in [2.45, 2.75) is 64.6 Å². The summed E-state index contributed by atoms with van der Waals surface area (Å²) in [7, 11) is 0. The van der Waals surface area contributed by atoms with E-state index < -0.39 is 11.7 Å². The van der Waals surface area contributed by atoms with E-state index in [1.54, 1.807) is 18.3 Å². The van der Waals surface area contributed by atoms with Gasteiger partial charge in [-0.1, -0.05) is 0 Å². The first kappa shape index (κ1) is 21.8. The topological polar surface area (TPSA) is 108 Å². The summed E-state index contributed by atoms with van der Waals surface area (Å²) < 4.78 is 11.7. The fraction of sp³-hybridized carbons (Fsp3) is 0.440. The standard InChI is InChI=1S/C25H28N4O3/c1-25(2,3)32-24(30)29-20-10-9-18(12-19(20)22(27)16-7-8-16)31-21-6-4-5-17-11-15(13-26)14-28-23(17)21/h9-12,14,16,21,27H,4-8H2,1-3H3,(H,29,30). The Bertz CT molecular complexity index is 1090. The molecule has 7 nitrogen and oxygen atoms in total. The van der Waals surface area contributed by atoms with Crippen LogP contribution in [0.2, 0.25) is 0 Å². The molecule has 0 spiro atoms. The third-order valence-electron chi connectivity index (χ3n) is 5.53. The lowest BCUT2D eigenvalue weighted by Gasteiger charge is -2.26. The lowest BCUT2D eigenvalue weighted by molar-refractivity contribution is 0.0636. The third kappa shape index (κ3) is 5.08. The first-order valence-corrected chi connectivity index (χ1v) is 11.0. The normalized spacial score (nSPS) is 17.6. The maximum Gasteiger partial charge on any atom is 0.412 e.